The Labute approximate surface area is 135 Å². The van der Waals surface area contributed by atoms with Gasteiger partial charge in [0.15, 0.2) is 11.6 Å². The lowest BCUT2D eigenvalue weighted by Crippen LogP contribution is -2.26. The molecule has 2 aromatic rings. The quantitative estimate of drug-likeness (QED) is 0.713. The molecule has 2 heterocycles. The fourth-order valence-electron chi connectivity index (χ4n) is 1.44. The largest absolute Gasteiger partial charge is 0.464 e. The van der Waals surface area contributed by atoms with Gasteiger partial charge in [0.2, 0.25) is 0 Å². The minimum Gasteiger partial charge on any atom is -0.464 e. The van der Waals surface area contributed by atoms with E-state index in [-0.39, 0.29) is 21.7 Å². The maximum Gasteiger partial charge on any atom is 0.419 e. The molecule has 0 saturated carbocycles. The van der Waals surface area contributed by atoms with E-state index in [9.17, 15) is 9.90 Å². The maximum atomic E-state index is 11.5. The zero-order valence-electron chi connectivity index (χ0n) is 9.66. The molecule has 2 aromatic heterocycles. The molecule has 0 saturated heterocycles. The third-order valence-electron chi connectivity index (χ3n) is 2.32. The van der Waals surface area contributed by atoms with Gasteiger partial charge in [-0.1, -0.05) is 23.2 Å². The second-order valence-corrected chi connectivity index (χ2v) is 5.27. The van der Waals surface area contributed by atoms with Crippen LogP contribution in [0.4, 0.5) is 16.4 Å². The molecule has 0 aromatic carbocycles. The molecule has 0 atom stereocenters. The number of anilines is 2. The summed E-state index contributed by atoms with van der Waals surface area (Å²) >= 11 is 20.3. The van der Waals surface area contributed by atoms with E-state index >= 15 is 0 Å². The Morgan fingerprint density at radius 1 is 1.05 bits per heavy atom. The zero-order valence-corrected chi connectivity index (χ0v) is 13.0. The molecule has 0 radical (unpaired) electrons. The summed E-state index contributed by atoms with van der Waals surface area (Å²) in [6.07, 6.45) is 1.45. The Bertz CT molecular complexity index is 633. The molecular weight excluding hydrogens is 341 g/mol. The van der Waals surface area contributed by atoms with E-state index < -0.39 is 6.09 Å². The molecule has 0 aliphatic rings. The number of carbonyl (C=O) groups is 1. The highest BCUT2D eigenvalue weighted by atomic mass is 35.5. The van der Waals surface area contributed by atoms with Crippen molar-refractivity contribution in [3.8, 4) is 0 Å². The summed E-state index contributed by atoms with van der Waals surface area (Å²) in [7, 11) is 0. The van der Waals surface area contributed by atoms with Crippen LogP contribution in [0.25, 0.3) is 0 Å². The minimum atomic E-state index is -1.33. The van der Waals surface area contributed by atoms with Crippen molar-refractivity contribution in [2.45, 2.75) is 9.79 Å². The molecule has 104 valence electrons. The van der Waals surface area contributed by atoms with Crippen molar-refractivity contribution < 1.29 is 9.90 Å². The number of thiol groups is 2. The summed E-state index contributed by atoms with van der Waals surface area (Å²) in [5.41, 5.74) is 0. The number of pyridine rings is 2. The SMILES string of the molecule is O=C(O)N(c1nccc(S)c1Cl)c1nccc(S)c1Cl. The van der Waals surface area contributed by atoms with Gasteiger partial charge in [-0.2, -0.15) is 0 Å². The van der Waals surface area contributed by atoms with Gasteiger partial charge in [0, 0.05) is 22.2 Å². The lowest BCUT2D eigenvalue weighted by Gasteiger charge is -2.20. The summed E-state index contributed by atoms with van der Waals surface area (Å²) in [5, 5.41) is 9.56. The van der Waals surface area contributed by atoms with Gasteiger partial charge >= 0.3 is 6.09 Å². The highest BCUT2D eigenvalue weighted by Gasteiger charge is 2.26. The van der Waals surface area contributed by atoms with Crippen LogP contribution >= 0.6 is 48.5 Å². The number of carboxylic acid groups (broad SMARTS) is 1. The molecule has 1 N–H and O–H groups in total. The van der Waals surface area contributed by atoms with Gasteiger partial charge in [-0.05, 0) is 12.1 Å². The van der Waals surface area contributed by atoms with Gasteiger partial charge in [-0.15, -0.1) is 25.3 Å². The number of nitrogens with zero attached hydrogens (tertiary/aromatic N) is 3. The van der Waals surface area contributed by atoms with E-state index in [4.69, 9.17) is 23.2 Å². The Kier molecular flexibility index (Phi) is 4.64. The van der Waals surface area contributed by atoms with Crippen molar-refractivity contribution in [1.82, 2.24) is 9.97 Å². The Hall–Kier alpha value is -1.15. The van der Waals surface area contributed by atoms with Crippen LogP contribution in [-0.4, -0.2) is 21.2 Å². The monoisotopic (exact) mass is 347 g/mol. The van der Waals surface area contributed by atoms with Crippen LogP contribution < -0.4 is 4.90 Å². The first-order chi connectivity index (χ1) is 9.43. The number of hydrogen-bond donors (Lipinski definition) is 3. The van der Waals surface area contributed by atoms with Crippen LogP contribution in [0.15, 0.2) is 34.3 Å². The fourth-order valence-corrected chi connectivity index (χ4v) is 2.16. The summed E-state index contributed by atoms with van der Waals surface area (Å²) in [5.74, 6) is -0.0556. The smallest absolute Gasteiger partial charge is 0.419 e. The molecule has 0 aliphatic heterocycles. The lowest BCUT2D eigenvalue weighted by atomic mass is 10.4. The van der Waals surface area contributed by atoms with E-state index in [1.165, 1.54) is 12.4 Å². The Balaban J connectivity index is 2.66. The third kappa shape index (κ3) is 2.80. The molecule has 0 fully saturated rings. The first kappa shape index (κ1) is 15.2. The van der Waals surface area contributed by atoms with Crippen molar-refractivity contribution in [3.05, 3.63) is 34.6 Å². The lowest BCUT2D eigenvalue weighted by molar-refractivity contribution is 0.204. The van der Waals surface area contributed by atoms with Crippen molar-refractivity contribution in [2.24, 2.45) is 0 Å². The fraction of sp³-hybridized carbons (Fsp3) is 0. The van der Waals surface area contributed by atoms with Crippen LogP contribution in [0.5, 0.6) is 0 Å². The van der Waals surface area contributed by atoms with Gasteiger partial charge in [0.05, 0.1) is 10.0 Å². The van der Waals surface area contributed by atoms with Crippen LogP contribution in [0, 0.1) is 0 Å². The van der Waals surface area contributed by atoms with Crippen molar-refractivity contribution in [1.29, 1.82) is 0 Å². The first-order valence-electron chi connectivity index (χ1n) is 5.13. The predicted octanol–water partition coefficient (Wildman–Crippen LogP) is 4.18. The van der Waals surface area contributed by atoms with E-state index in [0.717, 1.165) is 4.90 Å². The highest BCUT2D eigenvalue weighted by Crippen LogP contribution is 2.37. The number of aromatic nitrogens is 2. The second-order valence-electron chi connectivity index (χ2n) is 3.55. The number of halogens is 2. The van der Waals surface area contributed by atoms with Gasteiger partial charge in [-0.3, -0.25) is 0 Å². The first-order valence-corrected chi connectivity index (χ1v) is 6.78. The number of amides is 1. The molecule has 0 bridgehead atoms. The zero-order chi connectivity index (χ0) is 14.9. The number of hydrogen-bond acceptors (Lipinski definition) is 5. The Morgan fingerprint density at radius 2 is 1.45 bits per heavy atom. The van der Waals surface area contributed by atoms with Gasteiger partial charge in [0.1, 0.15) is 0 Å². The molecule has 9 heteroatoms. The van der Waals surface area contributed by atoms with Crippen LogP contribution in [0.1, 0.15) is 0 Å². The average molecular weight is 348 g/mol. The number of rotatable bonds is 2. The molecule has 2 rings (SSSR count). The summed E-state index contributed by atoms with van der Waals surface area (Å²) < 4.78 is 0. The second kappa shape index (κ2) is 6.09. The molecule has 1 amide bonds. The van der Waals surface area contributed by atoms with Crippen LogP contribution in [0.3, 0.4) is 0 Å². The normalized spacial score (nSPS) is 10.4. The molecule has 0 unspecified atom stereocenters. The summed E-state index contributed by atoms with van der Waals surface area (Å²) in [6, 6.07) is 3.08. The molecular formula is C11H7Cl2N3O2S2. The third-order valence-corrected chi connectivity index (χ3v) is 4.07. The standard InChI is InChI=1S/C11H7Cl2N3O2S2/c12-7-5(19)1-3-14-9(7)16(11(17)18)10-8(13)6(20)2-4-15-10/h1-4H,(H,14,19)(H,15,20)(H,17,18). The molecule has 5 nitrogen and oxygen atoms in total. The molecule has 0 aliphatic carbocycles. The van der Waals surface area contributed by atoms with Crippen molar-refractivity contribution >= 4 is 66.2 Å². The summed E-state index contributed by atoms with van der Waals surface area (Å²) in [6.45, 7) is 0. The maximum absolute atomic E-state index is 11.5. The van der Waals surface area contributed by atoms with E-state index in [1.54, 1.807) is 12.1 Å². The minimum absolute atomic E-state index is 0.0278. The Morgan fingerprint density at radius 3 is 1.80 bits per heavy atom. The van der Waals surface area contributed by atoms with E-state index in [2.05, 4.69) is 35.2 Å². The van der Waals surface area contributed by atoms with Gasteiger partial charge in [0.25, 0.3) is 0 Å². The van der Waals surface area contributed by atoms with Gasteiger partial charge < -0.3 is 5.11 Å². The highest BCUT2D eigenvalue weighted by molar-refractivity contribution is 7.80. The predicted molar refractivity (Wildman–Crippen MR) is 83.2 cm³/mol. The van der Waals surface area contributed by atoms with E-state index in [1.807, 2.05) is 0 Å². The molecule has 20 heavy (non-hydrogen) atoms. The van der Waals surface area contributed by atoms with Crippen molar-refractivity contribution in [2.75, 3.05) is 4.90 Å². The van der Waals surface area contributed by atoms with Crippen LogP contribution in [0.2, 0.25) is 10.0 Å². The van der Waals surface area contributed by atoms with E-state index in [0.29, 0.717) is 9.79 Å². The average Bonchev–Trinajstić information content (AvgIpc) is 2.39. The summed E-state index contributed by atoms with van der Waals surface area (Å²) in [4.78, 5) is 21.0. The molecule has 0 spiro atoms. The van der Waals surface area contributed by atoms with Gasteiger partial charge in [-0.25, -0.2) is 19.7 Å². The van der Waals surface area contributed by atoms with Crippen LogP contribution in [-0.2, 0) is 0 Å². The topological polar surface area (TPSA) is 66.3 Å². The van der Waals surface area contributed by atoms with Crippen molar-refractivity contribution in [3.63, 3.8) is 0 Å².